The molecule has 0 fully saturated rings. The first kappa shape index (κ1) is 29.0. The Morgan fingerprint density at radius 1 is 0.414 bits per heavy atom. The number of hydrogen-bond donors (Lipinski definition) is 0. The SMILES string of the molecule is CCCCCCCCCCCC(C)N(CC)C(C)CCCCCCCCCCC. The van der Waals surface area contributed by atoms with E-state index in [1.165, 1.54) is 135 Å². The van der Waals surface area contributed by atoms with Gasteiger partial charge in [-0.15, -0.1) is 0 Å². The van der Waals surface area contributed by atoms with E-state index in [0.29, 0.717) is 0 Å². The Bertz CT molecular complexity index is 273. The van der Waals surface area contributed by atoms with Crippen LogP contribution < -0.4 is 0 Å². The van der Waals surface area contributed by atoms with Crippen molar-refractivity contribution >= 4 is 0 Å². The van der Waals surface area contributed by atoms with Gasteiger partial charge in [0.25, 0.3) is 0 Å². The second-order valence-electron chi connectivity index (χ2n) is 9.76. The van der Waals surface area contributed by atoms with Gasteiger partial charge in [-0.3, -0.25) is 4.90 Å². The third-order valence-electron chi connectivity index (χ3n) is 6.95. The van der Waals surface area contributed by atoms with Crippen LogP contribution in [0, 0.1) is 0 Å². The molecule has 0 rings (SSSR count). The lowest BCUT2D eigenvalue weighted by Crippen LogP contribution is -2.40. The van der Waals surface area contributed by atoms with Crippen LogP contribution in [0.15, 0.2) is 0 Å². The first-order chi connectivity index (χ1) is 14.2. The zero-order valence-corrected chi connectivity index (χ0v) is 21.5. The molecular formula is C28H59N. The van der Waals surface area contributed by atoms with E-state index in [1.54, 1.807) is 0 Å². The monoisotopic (exact) mass is 409 g/mol. The normalized spacial score (nSPS) is 13.9. The number of hydrogen-bond acceptors (Lipinski definition) is 1. The van der Waals surface area contributed by atoms with E-state index >= 15 is 0 Å². The summed E-state index contributed by atoms with van der Waals surface area (Å²) in [5.41, 5.74) is 0. The molecular weight excluding hydrogens is 350 g/mol. The second-order valence-corrected chi connectivity index (χ2v) is 9.76. The smallest absolute Gasteiger partial charge is 0.00696 e. The maximum Gasteiger partial charge on any atom is 0.00696 e. The van der Waals surface area contributed by atoms with Crippen molar-refractivity contribution in [3.8, 4) is 0 Å². The fourth-order valence-electron chi connectivity index (χ4n) is 4.89. The Morgan fingerprint density at radius 2 is 0.690 bits per heavy atom. The third kappa shape index (κ3) is 18.4. The molecule has 0 radical (unpaired) electrons. The van der Waals surface area contributed by atoms with Crippen LogP contribution in [-0.2, 0) is 0 Å². The van der Waals surface area contributed by atoms with Gasteiger partial charge in [0.2, 0.25) is 0 Å². The van der Waals surface area contributed by atoms with Crippen molar-refractivity contribution < 1.29 is 0 Å². The van der Waals surface area contributed by atoms with Crippen molar-refractivity contribution in [2.24, 2.45) is 0 Å². The van der Waals surface area contributed by atoms with Gasteiger partial charge < -0.3 is 0 Å². The quantitative estimate of drug-likeness (QED) is 0.152. The highest BCUT2D eigenvalue weighted by atomic mass is 15.2. The molecule has 0 saturated carbocycles. The van der Waals surface area contributed by atoms with Gasteiger partial charge >= 0.3 is 0 Å². The molecule has 0 amide bonds. The minimum absolute atomic E-state index is 0.762. The molecule has 0 N–H and O–H groups in total. The Labute approximate surface area is 186 Å². The number of rotatable bonds is 23. The van der Waals surface area contributed by atoms with Gasteiger partial charge in [0.05, 0.1) is 0 Å². The number of unbranched alkanes of at least 4 members (excludes halogenated alkanes) is 16. The summed E-state index contributed by atoms with van der Waals surface area (Å²) in [6.07, 6.45) is 28.7. The van der Waals surface area contributed by atoms with Crippen LogP contribution in [0.1, 0.15) is 163 Å². The van der Waals surface area contributed by atoms with Crippen molar-refractivity contribution in [1.29, 1.82) is 0 Å². The lowest BCUT2D eigenvalue weighted by molar-refractivity contribution is 0.143. The summed E-state index contributed by atoms with van der Waals surface area (Å²) < 4.78 is 0. The van der Waals surface area contributed by atoms with E-state index in [0.717, 1.165) is 12.1 Å². The topological polar surface area (TPSA) is 3.24 Å². The first-order valence-electron chi connectivity index (χ1n) is 13.9. The molecule has 2 unspecified atom stereocenters. The summed E-state index contributed by atoms with van der Waals surface area (Å²) in [6.45, 7) is 13.1. The van der Waals surface area contributed by atoms with E-state index in [9.17, 15) is 0 Å². The average molecular weight is 410 g/mol. The minimum atomic E-state index is 0.762. The lowest BCUT2D eigenvalue weighted by Gasteiger charge is -2.34. The molecule has 0 heterocycles. The lowest BCUT2D eigenvalue weighted by atomic mass is 10.0. The van der Waals surface area contributed by atoms with Crippen LogP contribution in [0.25, 0.3) is 0 Å². The Balaban J connectivity index is 3.66. The van der Waals surface area contributed by atoms with Gasteiger partial charge in [-0.05, 0) is 33.2 Å². The van der Waals surface area contributed by atoms with Crippen molar-refractivity contribution in [2.75, 3.05) is 6.54 Å². The Morgan fingerprint density at radius 3 is 0.966 bits per heavy atom. The summed E-state index contributed by atoms with van der Waals surface area (Å²) in [5.74, 6) is 0. The van der Waals surface area contributed by atoms with Crippen LogP contribution in [0.5, 0.6) is 0 Å². The summed E-state index contributed by atoms with van der Waals surface area (Å²) in [6, 6.07) is 1.52. The van der Waals surface area contributed by atoms with Gasteiger partial charge in [-0.1, -0.05) is 136 Å². The Kier molecular flexibility index (Phi) is 22.6. The second kappa shape index (κ2) is 22.6. The molecule has 1 nitrogen and oxygen atoms in total. The largest absolute Gasteiger partial charge is 0.298 e. The maximum atomic E-state index is 2.77. The third-order valence-corrected chi connectivity index (χ3v) is 6.95. The summed E-state index contributed by atoms with van der Waals surface area (Å²) in [5, 5.41) is 0. The van der Waals surface area contributed by atoms with Gasteiger partial charge in [0.1, 0.15) is 0 Å². The van der Waals surface area contributed by atoms with Crippen LogP contribution in [0.4, 0.5) is 0 Å². The van der Waals surface area contributed by atoms with Crippen molar-refractivity contribution in [3.63, 3.8) is 0 Å². The zero-order valence-electron chi connectivity index (χ0n) is 21.5. The fraction of sp³-hybridized carbons (Fsp3) is 1.00. The van der Waals surface area contributed by atoms with Crippen LogP contribution >= 0.6 is 0 Å². The molecule has 29 heavy (non-hydrogen) atoms. The predicted molar refractivity (Wildman–Crippen MR) is 135 cm³/mol. The highest BCUT2D eigenvalue weighted by Crippen LogP contribution is 2.19. The molecule has 0 bridgehead atoms. The van der Waals surface area contributed by atoms with Crippen LogP contribution in [0.3, 0.4) is 0 Å². The molecule has 0 aromatic heterocycles. The predicted octanol–water partition coefficient (Wildman–Crippen LogP) is 9.93. The summed E-state index contributed by atoms with van der Waals surface area (Å²) >= 11 is 0. The van der Waals surface area contributed by atoms with Crippen LogP contribution in [-0.4, -0.2) is 23.5 Å². The van der Waals surface area contributed by atoms with E-state index in [2.05, 4.69) is 39.5 Å². The van der Waals surface area contributed by atoms with Gasteiger partial charge in [-0.25, -0.2) is 0 Å². The van der Waals surface area contributed by atoms with E-state index in [1.807, 2.05) is 0 Å². The van der Waals surface area contributed by atoms with E-state index in [-0.39, 0.29) is 0 Å². The van der Waals surface area contributed by atoms with Crippen molar-refractivity contribution in [1.82, 2.24) is 4.90 Å². The van der Waals surface area contributed by atoms with Gasteiger partial charge in [-0.2, -0.15) is 0 Å². The molecule has 1 heteroatoms. The fourth-order valence-corrected chi connectivity index (χ4v) is 4.89. The average Bonchev–Trinajstić information content (AvgIpc) is 2.72. The van der Waals surface area contributed by atoms with Gasteiger partial charge in [0, 0.05) is 12.1 Å². The molecule has 2 atom stereocenters. The first-order valence-corrected chi connectivity index (χ1v) is 13.9. The van der Waals surface area contributed by atoms with Crippen LogP contribution in [0.2, 0.25) is 0 Å². The molecule has 0 aromatic carbocycles. The molecule has 0 saturated heterocycles. The molecule has 0 aliphatic rings. The zero-order chi connectivity index (χ0) is 21.6. The van der Waals surface area contributed by atoms with E-state index < -0.39 is 0 Å². The summed E-state index contributed by atoms with van der Waals surface area (Å²) in [7, 11) is 0. The molecule has 176 valence electrons. The molecule has 0 aliphatic carbocycles. The standard InChI is InChI=1S/C28H59N/c1-6-9-11-13-15-17-19-21-23-25-27(4)29(8-3)28(5)26-24-22-20-18-16-14-12-10-7-2/h27-28H,6-26H2,1-5H3. The van der Waals surface area contributed by atoms with Gasteiger partial charge in [0.15, 0.2) is 0 Å². The summed E-state index contributed by atoms with van der Waals surface area (Å²) in [4.78, 5) is 2.77. The Hall–Kier alpha value is -0.0400. The highest BCUT2D eigenvalue weighted by molar-refractivity contribution is 4.73. The molecule has 0 spiro atoms. The maximum absolute atomic E-state index is 2.77. The van der Waals surface area contributed by atoms with Crippen molar-refractivity contribution in [3.05, 3.63) is 0 Å². The molecule has 0 aliphatic heterocycles. The van der Waals surface area contributed by atoms with E-state index in [4.69, 9.17) is 0 Å². The minimum Gasteiger partial charge on any atom is -0.298 e. The van der Waals surface area contributed by atoms with Crippen molar-refractivity contribution in [2.45, 2.75) is 175 Å². The highest BCUT2D eigenvalue weighted by Gasteiger charge is 2.17. The number of nitrogens with zero attached hydrogens (tertiary/aromatic N) is 1. The molecule has 0 aromatic rings.